The maximum absolute atomic E-state index is 14.7. The van der Waals surface area contributed by atoms with Crippen LogP contribution in [0.4, 0.5) is 0 Å². The molecular weight excluding hydrogens is 568 g/mol. The number of imidazole rings is 1. The summed E-state index contributed by atoms with van der Waals surface area (Å²) in [5.41, 5.74) is 15.5. The van der Waals surface area contributed by atoms with Gasteiger partial charge in [-0.1, -0.05) is 103 Å². The lowest BCUT2D eigenvalue weighted by atomic mass is 9.88. The van der Waals surface area contributed by atoms with Gasteiger partial charge in [0.25, 0.3) is 0 Å². The summed E-state index contributed by atoms with van der Waals surface area (Å²) < 4.78 is 1.20. The van der Waals surface area contributed by atoms with Crippen LogP contribution in [0.2, 0.25) is 0 Å². The quantitative estimate of drug-likeness (QED) is 0.109. The van der Waals surface area contributed by atoms with E-state index >= 15 is 0 Å². The Morgan fingerprint density at radius 1 is 0.822 bits per heavy atom. The van der Waals surface area contributed by atoms with E-state index in [0.29, 0.717) is 11.1 Å². The Bertz CT molecular complexity index is 1810. The Labute approximate surface area is 260 Å². The molecule has 1 aromatic heterocycles. The van der Waals surface area contributed by atoms with Crippen LogP contribution in [0.25, 0.3) is 0 Å². The fourth-order valence-electron chi connectivity index (χ4n) is 5.40. The largest absolute Gasteiger partial charge is 0.493 e. The molecule has 228 valence electrons. The minimum absolute atomic E-state index is 0.0740. The predicted molar refractivity (Wildman–Crippen MR) is 172 cm³/mol. The number of carbonyl (C=O) groups excluding carboxylic acids is 2. The molecule has 0 aliphatic rings. The number of aromatic nitrogens is 2. The highest BCUT2D eigenvalue weighted by Crippen LogP contribution is 2.29. The molecule has 0 aliphatic carbocycles. The molecule has 5 rings (SSSR count). The highest BCUT2D eigenvalue weighted by atomic mass is 16.3. The average Bonchev–Trinajstić information content (AvgIpc) is 3.36. The van der Waals surface area contributed by atoms with Crippen molar-refractivity contribution in [1.82, 2.24) is 14.5 Å². The summed E-state index contributed by atoms with van der Waals surface area (Å²) in [5, 5.41) is 17.8. The van der Waals surface area contributed by atoms with E-state index in [1.165, 1.54) is 15.7 Å². The van der Waals surface area contributed by atoms with Crippen LogP contribution in [0.15, 0.2) is 120 Å². The van der Waals surface area contributed by atoms with E-state index < -0.39 is 23.6 Å². The van der Waals surface area contributed by atoms with Crippen molar-refractivity contribution in [3.63, 3.8) is 0 Å². The van der Waals surface area contributed by atoms with E-state index in [1.54, 1.807) is 30.3 Å². The van der Waals surface area contributed by atoms with Gasteiger partial charge in [0.15, 0.2) is 0 Å². The van der Waals surface area contributed by atoms with Crippen molar-refractivity contribution in [3.05, 3.63) is 159 Å². The zero-order chi connectivity index (χ0) is 31.9. The summed E-state index contributed by atoms with van der Waals surface area (Å²) in [6, 6.07) is 32.0. The molecule has 5 aromatic rings. The van der Waals surface area contributed by atoms with Crippen molar-refractivity contribution < 1.29 is 14.7 Å². The molecule has 4 aromatic carbocycles. The van der Waals surface area contributed by atoms with Gasteiger partial charge in [0.1, 0.15) is 11.9 Å². The number of nitrogens with two attached hydrogens (primary N) is 2. The van der Waals surface area contributed by atoms with Crippen LogP contribution >= 0.6 is 0 Å². The number of hydrogen-bond donors (Lipinski definition) is 5. The van der Waals surface area contributed by atoms with Crippen LogP contribution in [0, 0.1) is 5.41 Å². The zero-order valence-electron chi connectivity index (χ0n) is 24.5. The number of nitrogen functional groups attached to an aromatic ring is 1. The third kappa shape index (κ3) is 7.19. The highest BCUT2D eigenvalue weighted by molar-refractivity contribution is 5.95. The first-order chi connectivity index (χ1) is 21.7. The average molecular weight is 603 g/mol. The number of nitrogens with zero attached hydrogens (tertiary/aromatic N) is 2. The molecule has 1 atom stereocenters. The number of hydrogen-bond acceptors (Lipinski definition) is 5. The predicted octanol–water partition coefficient (Wildman–Crippen LogP) is 3.47. The molecule has 0 fully saturated rings. The van der Waals surface area contributed by atoms with Crippen LogP contribution < -0.4 is 17.2 Å². The lowest BCUT2D eigenvalue weighted by molar-refractivity contribution is -0.140. The van der Waals surface area contributed by atoms with E-state index in [-0.39, 0.29) is 37.1 Å². The van der Waals surface area contributed by atoms with Gasteiger partial charge in [-0.05, 0) is 33.9 Å². The molecule has 0 saturated carbocycles. The zero-order valence-corrected chi connectivity index (χ0v) is 24.5. The normalized spacial score (nSPS) is 11.7. The summed E-state index contributed by atoms with van der Waals surface area (Å²) in [5.74, 6) is -1.96. The van der Waals surface area contributed by atoms with Gasteiger partial charge in [-0.2, -0.15) is 0 Å². The SMILES string of the molecule is N=C(N)c1cccc(C[C@H](C(N)=O)N(Cc2ccc(Cn3c(O)c[nH]c3=O)cc2)C(=O)C(c2ccccc2)c2ccccc2)c1. The summed E-state index contributed by atoms with van der Waals surface area (Å²) in [4.78, 5) is 43.8. The minimum atomic E-state index is -1.02. The number of aromatic hydroxyl groups is 1. The molecule has 0 unspecified atom stereocenters. The van der Waals surface area contributed by atoms with Crippen LogP contribution in [0.1, 0.15) is 39.3 Å². The fraction of sp³-hybridized carbons (Fsp3) is 0.143. The van der Waals surface area contributed by atoms with Crippen molar-refractivity contribution in [2.24, 2.45) is 11.5 Å². The summed E-state index contributed by atoms with van der Waals surface area (Å²) in [6.07, 6.45) is 1.35. The van der Waals surface area contributed by atoms with Gasteiger partial charge in [0.2, 0.25) is 17.7 Å². The van der Waals surface area contributed by atoms with Crippen LogP contribution in [0.3, 0.4) is 0 Å². The Balaban J connectivity index is 1.53. The second-order valence-electron chi connectivity index (χ2n) is 10.8. The number of aromatic amines is 1. The second-order valence-corrected chi connectivity index (χ2v) is 10.8. The third-order valence-electron chi connectivity index (χ3n) is 7.73. The Morgan fingerprint density at radius 3 is 1.96 bits per heavy atom. The number of benzene rings is 4. The van der Waals surface area contributed by atoms with Gasteiger partial charge in [-0.3, -0.25) is 19.6 Å². The smallest absolute Gasteiger partial charge is 0.328 e. The number of rotatable bonds is 12. The highest BCUT2D eigenvalue weighted by Gasteiger charge is 2.34. The first-order valence-electron chi connectivity index (χ1n) is 14.4. The van der Waals surface area contributed by atoms with Crippen molar-refractivity contribution in [2.45, 2.75) is 31.5 Å². The van der Waals surface area contributed by atoms with Crippen molar-refractivity contribution in [1.29, 1.82) is 5.41 Å². The molecule has 7 N–H and O–H groups in total. The van der Waals surface area contributed by atoms with Gasteiger partial charge in [0.05, 0.1) is 18.7 Å². The molecule has 0 bridgehead atoms. The van der Waals surface area contributed by atoms with Gasteiger partial charge in [0, 0.05) is 18.5 Å². The molecule has 0 saturated heterocycles. The number of primary amides is 1. The van der Waals surface area contributed by atoms with Gasteiger partial charge >= 0.3 is 5.69 Å². The van der Waals surface area contributed by atoms with Crippen molar-refractivity contribution in [3.8, 4) is 5.88 Å². The Morgan fingerprint density at radius 2 is 1.42 bits per heavy atom. The van der Waals surface area contributed by atoms with Gasteiger partial charge < -0.3 is 26.5 Å². The summed E-state index contributed by atoms with van der Waals surface area (Å²) in [7, 11) is 0. The summed E-state index contributed by atoms with van der Waals surface area (Å²) >= 11 is 0. The van der Waals surface area contributed by atoms with Crippen LogP contribution in [-0.4, -0.2) is 43.2 Å². The van der Waals surface area contributed by atoms with E-state index in [4.69, 9.17) is 16.9 Å². The molecule has 10 heteroatoms. The number of carbonyl (C=O) groups is 2. The third-order valence-corrected chi connectivity index (χ3v) is 7.73. The first kappa shape index (κ1) is 30.6. The van der Waals surface area contributed by atoms with Gasteiger partial charge in [-0.15, -0.1) is 0 Å². The monoisotopic (exact) mass is 602 g/mol. The van der Waals surface area contributed by atoms with E-state index in [0.717, 1.165) is 22.3 Å². The second kappa shape index (κ2) is 13.6. The maximum Gasteiger partial charge on any atom is 0.328 e. The maximum atomic E-state index is 14.7. The number of amidine groups is 1. The molecule has 10 nitrogen and oxygen atoms in total. The number of nitrogens with one attached hydrogen (secondary N) is 2. The van der Waals surface area contributed by atoms with Crippen LogP contribution in [0.5, 0.6) is 5.88 Å². The summed E-state index contributed by atoms with van der Waals surface area (Å²) in [6.45, 7) is 0.224. The van der Waals surface area contributed by atoms with Crippen molar-refractivity contribution >= 4 is 17.6 Å². The molecule has 0 spiro atoms. The van der Waals surface area contributed by atoms with E-state index in [9.17, 15) is 19.5 Å². The fourth-order valence-corrected chi connectivity index (χ4v) is 5.40. The van der Waals surface area contributed by atoms with Crippen LogP contribution in [-0.2, 0) is 29.1 Å². The Hall–Kier alpha value is -5.90. The topological polar surface area (TPSA) is 171 Å². The van der Waals surface area contributed by atoms with E-state index in [1.807, 2.05) is 78.9 Å². The molecule has 0 radical (unpaired) electrons. The molecule has 45 heavy (non-hydrogen) atoms. The van der Waals surface area contributed by atoms with E-state index in [2.05, 4.69) is 4.98 Å². The number of amides is 2. The molecule has 1 heterocycles. The molecular formula is C35H34N6O4. The molecule has 0 aliphatic heterocycles. The standard InChI is InChI=1S/C35H34N6O4/c36-32(37)28-13-7-8-25(18-28)19-29(33(38)43)40(21-23-14-16-24(17-15-23)22-41-30(42)20-39-35(41)45)34(44)31(26-9-3-1-4-10-26)27-11-5-2-6-12-27/h1-18,20,29,31,42H,19,21-22H2,(H3,36,37)(H2,38,43)(H,39,45)/t29-/m1/s1. The number of H-pyrrole nitrogens is 1. The lowest BCUT2D eigenvalue weighted by Gasteiger charge is -2.33. The van der Waals surface area contributed by atoms with Gasteiger partial charge in [-0.25, -0.2) is 4.79 Å². The Kier molecular flexibility index (Phi) is 9.23. The van der Waals surface area contributed by atoms with Crippen molar-refractivity contribution in [2.75, 3.05) is 0 Å². The minimum Gasteiger partial charge on any atom is -0.493 e. The first-order valence-corrected chi connectivity index (χ1v) is 14.4. The lowest BCUT2D eigenvalue weighted by Crippen LogP contribution is -2.50. The molecule has 2 amide bonds.